The highest BCUT2D eigenvalue weighted by Crippen LogP contribution is 2.30. The molecule has 6 aromatic rings. The maximum absolute atomic E-state index is 12.3. The van der Waals surface area contributed by atoms with Gasteiger partial charge in [0.25, 0.3) is 5.69 Å². The molecule has 6 rings (SSSR count). The predicted octanol–water partition coefficient (Wildman–Crippen LogP) is 6.32. The summed E-state index contributed by atoms with van der Waals surface area (Å²) in [6, 6.07) is 25.1. The first-order valence-corrected chi connectivity index (χ1v) is 11.9. The van der Waals surface area contributed by atoms with Crippen molar-refractivity contribution in [2.45, 2.75) is 0 Å². The quantitative estimate of drug-likeness (QED) is 0.127. The SMILES string of the molecule is Nc1cccc2sc3ccccc3c(=O)c12.O=c1c2ccccc2sc2cccc([N+](=O)[O-])c12. The topological polar surface area (TPSA) is 103 Å². The molecule has 0 bridgehead atoms. The van der Waals surface area contributed by atoms with E-state index < -0.39 is 4.92 Å². The van der Waals surface area contributed by atoms with E-state index in [1.807, 2.05) is 48.5 Å². The van der Waals surface area contributed by atoms with Gasteiger partial charge in [-0.25, -0.2) is 0 Å². The van der Waals surface area contributed by atoms with Gasteiger partial charge in [-0.1, -0.05) is 36.4 Å². The molecule has 0 saturated carbocycles. The minimum absolute atomic E-state index is 0.0300. The molecule has 0 aliphatic heterocycles. The van der Waals surface area contributed by atoms with Crippen molar-refractivity contribution in [2.75, 3.05) is 5.73 Å². The van der Waals surface area contributed by atoms with Crippen molar-refractivity contribution in [3.05, 3.63) is 115 Å². The highest BCUT2D eigenvalue weighted by molar-refractivity contribution is 7.25. The molecule has 0 fully saturated rings. The van der Waals surface area contributed by atoms with Crippen LogP contribution in [-0.2, 0) is 0 Å². The Morgan fingerprint density at radius 3 is 1.68 bits per heavy atom. The number of hydrogen-bond donors (Lipinski definition) is 1. The van der Waals surface area contributed by atoms with E-state index in [0.717, 1.165) is 19.5 Å². The second-order valence-electron chi connectivity index (χ2n) is 7.48. The lowest BCUT2D eigenvalue weighted by Gasteiger charge is -2.02. The van der Waals surface area contributed by atoms with Crippen molar-refractivity contribution in [1.82, 2.24) is 0 Å². The van der Waals surface area contributed by atoms with Crippen LogP contribution in [0, 0.1) is 10.1 Å². The number of nitrogens with two attached hydrogens (primary N) is 1. The normalized spacial score (nSPS) is 10.9. The molecule has 34 heavy (non-hydrogen) atoms. The molecule has 0 saturated heterocycles. The van der Waals surface area contributed by atoms with Crippen LogP contribution in [0.25, 0.3) is 40.3 Å². The average Bonchev–Trinajstić information content (AvgIpc) is 2.84. The van der Waals surface area contributed by atoms with Gasteiger partial charge in [0.05, 0.1) is 10.3 Å². The molecule has 2 aromatic heterocycles. The Labute approximate surface area is 200 Å². The van der Waals surface area contributed by atoms with E-state index in [-0.39, 0.29) is 21.9 Å². The predicted molar refractivity (Wildman–Crippen MR) is 142 cm³/mol. The van der Waals surface area contributed by atoms with Crippen molar-refractivity contribution < 1.29 is 4.92 Å². The van der Waals surface area contributed by atoms with E-state index in [4.69, 9.17) is 5.73 Å². The zero-order valence-corrected chi connectivity index (χ0v) is 19.2. The fraction of sp³-hybridized carbons (Fsp3) is 0. The van der Waals surface area contributed by atoms with Crippen LogP contribution in [-0.4, -0.2) is 4.92 Å². The molecule has 2 N–H and O–H groups in total. The Balaban J connectivity index is 0.000000142. The van der Waals surface area contributed by atoms with Crippen molar-refractivity contribution in [2.24, 2.45) is 0 Å². The molecule has 8 heteroatoms. The lowest BCUT2D eigenvalue weighted by molar-refractivity contribution is -0.383. The molecular weight excluding hydrogens is 468 g/mol. The molecule has 0 atom stereocenters. The van der Waals surface area contributed by atoms with Gasteiger partial charge < -0.3 is 5.73 Å². The van der Waals surface area contributed by atoms with Gasteiger partial charge in [0, 0.05) is 41.3 Å². The van der Waals surface area contributed by atoms with Crippen LogP contribution in [0.2, 0.25) is 0 Å². The van der Waals surface area contributed by atoms with Crippen molar-refractivity contribution in [3.63, 3.8) is 0 Å². The number of nitrogen functional groups attached to an aromatic ring is 1. The zero-order chi connectivity index (χ0) is 23.8. The molecule has 0 amide bonds. The number of nitro groups is 1. The highest BCUT2D eigenvalue weighted by Gasteiger charge is 2.16. The lowest BCUT2D eigenvalue weighted by Crippen LogP contribution is -2.04. The van der Waals surface area contributed by atoms with Gasteiger partial charge >= 0.3 is 0 Å². The van der Waals surface area contributed by atoms with Gasteiger partial charge in [0.2, 0.25) is 5.43 Å². The van der Waals surface area contributed by atoms with Crippen LogP contribution in [0.15, 0.2) is 94.5 Å². The third kappa shape index (κ3) is 3.68. The van der Waals surface area contributed by atoms with E-state index in [9.17, 15) is 19.7 Å². The van der Waals surface area contributed by atoms with E-state index in [1.54, 1.807) is 41.7 Å². The fourth-order valence-electron chi connectivity index (χ4n) is 3.85. The number of rotatable bonds is 1. The summed E-state index contributed by atoms with van der Waals surface area (Å²) in [5.74, 6) is 0. The monoisotopic (exact) mass is 484 g/mol. The Hall–Kier alpha value is -4.14. The van der Waals surface area contributed by atoms with Gasteiger partial charge in [-0.15, -0.1) is 22.7 Å². The van der Waals surface area contributed by atoms with Crippen LogP contribution in [0.5, 0.6) is 0 Å². The lowest BCUT2D eigenvalue weighted by atomic mass is 10.1. The molecule has 0 spiro atoms. The standard InChI is InChI=1S/C13H7NO3S.C13H9NOS/c15-13-8-4-1-2-6-10(8)18-11-7-3-5-9(12(11)13)14(16)17;14-9-5-3-7-11-12(9)13(15)8-4-1-2-6-10(8)16-11/h1-7H;1-7H,14H2. The van der Waals surface area contributed by atoms with E-state index in [1.165, 1.54) is 17.4 Å². The number of non-ortho nitro benzene ring substituents is 1. The first-order chi connectivity index (χ1) is 16.5. The first kappa shape index (κ1) is 21.7. The van der Waals surface area contributed by atoms with Crippen LogP contribution in [0.1, 0.15) is 0 Å². The summed E-state index contributed by atoms with van der Waals surface area (Å²) < 4.78 is 3.44. The smallest absolute Gasteiger partial charge is 0.281 e. The van der Waals surface area contributed by atoms with Crippen molar-refractivity contribution in [3.8, 4) is 0 Å². The maximum Gasteiger partial charge on any atom is 0.281 e. The molecule has 0 unspecified atom stereocenters. The van der Waals surface area contributed by atoms with Gasteiger partial charge in [-0.3, -0.25) is 19.7 Å². The Kier molecular flexibility index (Phi) is 5.53. The van der Waals surface area contributed by atoms with Gasteiger partial charge in [0.1, 0.15) is 5.39 Å². The van der Waals surface area contributed by atoms with Gasteiger partial charge in [-0.2, -0.15) is 0 Å². The average molecular weight is 485 g/mol. The first-order valence-electron chi connectivity index (χ1n) is 10.2. The van der Waals surface area contributed by atoms with E-state index in [0.29, 0.717) is 21.2 Å². The summed E-state index contributed by atoms with van der Waals surface area (Å²) in [5, 5.41) is 13.1. The Morgan fingerprint density at radius 1 is 0.618 bits per heavy atom. The number of hydrogen-bond acceptors (Lipinski definition) is 7. The molecule has 0 aliphatic rings. The summed E-state index contributed by atoms with van der Waals surface area (Å²) in [5.41, 5.74) is 6.05. The number of nitro benzene ring substituents is 1. The third-order valence-corrected chi connectivity index (χ3v) is 7.69. The van der Waals surface area contributed by atoms with Crippen LogP contribution in [0.3, 0.4) is 0 Å². The number of anilines is 1. The van der Waals surface area contributed by atoms with Gasteiger partial charge in [0.15, 0.2) is 5.43 Å². The molecule has 166 valence electrons. The minimum atomic E-state index is -0.509. The van der Waals surface area contributed by atoms with Crippen LogP contribution >= 0.6 is 22.7 Å². The maximum atomic E-state index is 12.3. The summed E-state index contributed by atoms with van der Waals surface area (Å²) in [6.07, 6.45) is 0. The molecular formula is C26H16N2O4S2. The largest absolute Gasteiger partial charge is 0.398 e. The molecule has 0 aliphatic carbocycles. The number of benzene rings is 4. The van der Waals surface area contributed by atoms with Gasteiger partial charge in [-0.05, 0) is 42.5 Å². The highest BCUT2D eigenvalue weighted by atomic mass is 32.1. The number of nitrogens with zero attached hydrogens (tertiary/aromatic N) is 1. The minimum Gasteiger partial charge on any atom is -0.398 e. The van der Waals surface area contributed by atoms with Crippen LogP contribution < -0.4 is 16.6 Å². The van der Waals surface area contributed by atoms with E-state index >= 15 is 0 Å². The molecule has 6 nitrogen and oxygen atoms in total. The molecule has 0 radical (unpaired) electrons. The third-order valence-electron chi connectivity index (χ3n) is 5.42. The Morgan fingerprint density at radius 2 is 1.09 bits per heavy atom. The molecule has 2 heterocycles. The fourth-order valence-corrected chi connectivity index (χ4v) is 6.07. The summed E-state index contributed by atoms with van der Waals surface area (Å²) in [4.78, 5) is 35.0. The van der Waals surface area contributed by atoms with Crippen molar-refractivity contribution in [1.29, 1.82) is 0 Å². The summed E-state index contributed by atoms with van der Waals surface area (Å²) in [7, 11) is 0. The zero-order valence-electron chi connectivity index (χ0n) is 17.6. The summed E-state index contributed by atoms with van der Waals surface area (Å²) in [6.45, 7) is 0. The molecule has 4 aromatic carbocycles. The van der Waals surface area contributed by atoms with E-state index in [2.05, 4.69) is 0 Å². The van der Waals surface area contributed by atoms with Crippen molar-refractivity contribution >= 4 is 74.4 Å². The Bertz CT molecular complexity index is 1860. The second-order valence-corrected chi connectivity index (χ2v) is 9.65. The number of fused-ring (bicyclic) bond motifs is 4. The second kappa shape index (κ2) is 8.66. The summed E-state index contributed by atoms with van der Waals surface area (Å²) >= 11 is 2.99. The van der Waals surface area contributed by atoms with Crippen LogP contribution in [0.4, 0.5) is 11.4 Å².